The van der Waals surface area contributed by atoms with Crippen LogP contribution in [0.3, 0.4) is 0 Å². The Balaban J connectivity index is 1.48. The van der Waals surface area contributed by atoms with E-state index in [2.05, 4.69) is 5.32 Å². The maximum atomic E-state index is 13.0. The highest BCUT2D eigenvalue weighted by atomic mass is 19.1. The molecule has 0 unspecified atom stereocenters. The van der Waals surface area contributed by atoms with Crippen LogP contribution in [0.2, 0.25) is 0 Å². The number of halogens is 1. The third-order valence-corrected chi connectivity index (χ3v) is 4.95. The van der Waals surface area contributed by atoms with Gasteiger partial charge in [-0.2, -0.15) is 0 Å². The van der Waals surface area contributed by atoms with Gasteiger partial charge in [-0.15, -0.1) is 0 Å². The first-order chi connectivity index (χ1) is 14.5. The molecule has 1 aliphatic rings. The number of amides is 2. The van der Waals surface area contributed by atoms with Gasteiger partial charge in [0.1, 0.15) is 11.6 Å². The molecule has 0 aromatic heterocycles. The summed E-state index contributed by atoms with van der Waals surface area (Å²) in [6.07, 6.45) is 0. The van der Waals surface area contributed by atoms with Gasteiger partial charge >= 0.3 is 0 Å². The molecule has 1 aliphatic heterocycles. The summed E-state index contributed by atoms with van der Waals surface area (Å²) < 4.78 is 18.5. The molecular weight excluding hydrogens is 383 g/mol. The molecule has 0 atom stereocenters. The van der Waals surface area contributed by atoms with Crippen molar-refractivity contribution in [1.29, 1.82) is 0 Å². The standard InChI is InChI=1S/C24H21FN2O3/c1-16-5-10-22-21(11-16)27(23(28)15-30-22)14-18-3-2-4-19(12-18)24(29)26-13-17-6-8-20(25)9-7-17/h2-12H,13-15H2,1H3,(H,26,29). The summed E-state index contributed by atoms with van der Waals surface area (Å²) in [6.45, 7) is 2.60. The Kier molecular flexibility index (Phi) is 5.48. The third kappa shape index (κ3) is 4.33. The van der Waals surface area contributed by atoms with E-state index in [0.717, 1.165) is 22.4 Å². The van der Waals surface area contributed by atoms with E-state index < -0.39 is 0 Å². The second kappa shape index (κ2) is 8.37. The fourth-order valence-electron chi connectivity index (χ4n) is 3.37. The molecule has 4 rings (SSSR count). The second-order valence-electron chi connectivity index (χ2n) is 7.25. The summed E-state index contributed by atoms with van der Waals surface area (Å²) in [4.78, 5) is 26.7. The Morgan fingerprint density at radius 3 is 2.67 bits per heavy atom. The van der Waals surface area contributed by atoms with Gasteiger partial charge in [-0.3, -0.25) is 9.59 Å². The fourth-order valence-corrected chi connectivity index (χ4v) is 3.37. The van der Waals surface area contributed by atoms with Crippen molar-refractivity contribution in [2.45, 2.75) is 20.0 Å². The maximum Gasteiger partial charge on any atom is 0.265 e. The van der Waals surface area contributed by atoms with Gasteiger partial charge in [0, 0.05) is 12.1 Å². The van der Waals surface area contributed by atoms with E-state index in [9.17, 15) is 14.0 Å². The number of nitrogens with one attached hydrogen (secondary N) is 1. The SMILES string of the molecule is Cc1ccc2c(c1)N(Cc1cccc(C(=O)NCc3ccc(F)cc3)c1)C(=O)CO2. The lowest BCUT2D eigenvalue weighted by Crippen LogP contribution is -2.38. The summed E-state index contributed by atoms with van der Waals surface area (Å²) >= 11 is 0. The topological polar surface area (TPSA) is 58.6 Å². The Morgan fingerprint density at radius 2 is 1.87 bits per heavy atom. The average Bonchev–Trinajstić information content (AvgIpc) is 2.75. The highest BCUT2D eigenvalue weighted by Crippen LogP contribution is 2.33. The van der Waals surface area contributed by atoms with Crippen LogP contribution in [0.15, 0.2) is 66.7 Å². The molecule has 3 aromatic rings. The van der Waals surface area contributed by atoms with Crippen LogP contribution in [0.5, 0.6) is 5.75 Å². The molecule has 3 aromatic carbocycles. The number of hydrogen-bond acceptors (Lipinski definition) is 3. The minimum Gasteiger partial charge on any atom is -0.482 e. The van der Waals surface area contributed by atoms with Crippen molar-refractivity contribution in [2.75, 3.05) is 11.5 Å². The largest absolute Gasteiger partial charge is 0.482 e. The van der Waals surface area contributed by atoms with Gasteiger partial charge < -0.3 is 15.0 Å². The molecule has 0 aliphatic carbocycles. The molecule has 0 saturated heterocycles. The number of carbonyl (C=O) groups excluding carboxylic acids is 2. The normalized spacial score (nSPS) is 12.9. The number of anilines is 1. The molecule has 152 valence electrons. The van der Waals surface area contributed by atoms with Gasteiger partial charge in [0.05, 0.1) is 12.2 Å². The molecule has 0 radical (unpaired) electrons. The van der Waals surface area contributed by atoms with Crippen LogP contribution in [-0.2, 0) is 17.9 Å². The van der Waals surface area contributed by atoms with Crippen molar-refractivity contribution in [2.24, 2.45) is 0 Å². The first kappa shape index (κ1) is 19.6. The zero-order valence-corrected chi connectivity index (χ0v) is 16.5. The first-order valence-corrected chi connectivity index (χ1v) is 9.65. The maximum absolute atomic E-state index is 13.0. The molecule has 6 heteroatoms. The lowest BCUT2D eigenvalue weighted by Gasteiger charge is -2.29. The zero-order chi connectivity index (χ0) is 21.1. The van der Waals surface area contributed by atoms with E-state index in [-0.39, 0.29) is 24.2 Å². The Hall–Kier alpha value is -3.67. The van der Waals surface area contributed by atoms with Crippen LogP contribution in [0.1, 0.15) is 27.0 Å². The van der Waals surface area contributed by atoms with Gasteiger partial charge in [-0.25, -0.2) is 4.39 Å². The number of ether oxygens (including phenoxy) is 1. The van der Waals surface area contributed by atoms with Crippen molar-refractivity contribution in [3.63, 3.8) is 0 Å². The van der Waals surface area contributed by atoms with E-state index in [1.54, 1.807) is 35.2 Å². The van der Waals surface area contributed by atoms with Crippen molar-refractivity contribution in [3.8, 4) is 5.75 Å². The van der Waals surface area contributed by atoms with Crippen LogP contribution in [-0.4, -0.2) is 18.4 Å². The van der Waals surface area contributed by atoms with Crippen LogP contribution in [0.4, 0.5) is 10.1 Å². The van der Waals surface area contributed by atoms with Crippen molar-refractivity contribution in [3.05, 3.63) is 94.8 Å². The quantitative estimate of drug-likeness (QED) is 0.700. The molecule has 2 amide bonds. The monoisotopic (exact) mass is 404 g/mol. The van der Waals surface area contributed by atoms with E-state index in [1.165, 1.54) is 12.1 Å². The van der Waals surface area contributed by atoms with Crippen LogP contribution >= 0.6 is 0 Å². The van der Waals surface area contributed by atoms with Gasteiger partial charge in [-0.1, -0.05) is 30.3 Å². The summed E-state index contributed by atoms with van der Waals surface area (Å²) in [6, 6.07) is 18.9. The lowest BCUT2D eigenvalue weighted by atomic mass is 10.1. The van der Waals surface area contributed by atoms with Crippen molar-refractivity contribution in [1.82, 2.24) is 5.32 Å². The number of nitrogens with zero attached hydrogens (tertiary/aromatic N) is 1. The van der Waals surface area contributed by atoms with Crippen LogP contribution in [0.25, 0.3) is 0 Å². The predicted molar refractivity (Wildman–Crippen MR) is 112 cm³/mol. The van der Waals surface area contributed by atoms with Crippen LogP contribution in [0, 0.1) is 12.7 Å². The number of carbonyl (C=O) groups is 2. The van der Waals surface area contributed by atoms with E-state index in [1.807, 2.05) is 31.2 Å². The molecule has 1 heterocycles. The number of hydrogen-bond donors (Lipinski definition) is 1. The van der Waals surface area contributed by atoms with E-state index in [4.69, 9.17) is 4.74 Å². The summed E-state index contributed by atoms with van der Waals surface area (Å²) in [7, 11) is 0. The number of fused-ring (bicyclic) bond motifs is 1. The van der Waals surface area contributed by atoms with Crippen molar-refractivity contribution >= 4 is 17.5 Å². The zero-order valence-electron chi connectivity index (χ0n) is 16.5. The Morgan fingerprint density at radius 1 is 1.07 bits per heavy atom. The van der Waals surface area contributed by atoms with Crippen LogP contribution < -0.4 is 15.0 Å². The van der Waals surface area contributed by atoms with Gasteiger partial charge in [0.25, 0.3) is 11.8 Å². The molecule has 0 spiro atoms. The van der Waals surface area contributed by atoms with E-state index in [0.29, 0.717) is 24.4 Å². The van der Waals surface area contributed by atoms with Crippen molar-refractivity contribution < 1.29 is 18.7 Å². The fraction of sp³-hybridized carbons (Fsp3) is 0.167. The second-order valence-corrected chi connectivity index (χ2v) is 7.25. The molecule has 1 N–H and O–H groups in total. The number of aryl methyl sites for hydroxylation is 1. The highest BCUT2D eigenvalue weighted by molar-refractivity contribution is 5.98. The summed E-state index contributed by atoms with van der Waals surface area (Å²) in [5, 5.41) is 2.84. The average molecular weight is 404 g/mol. The van der Waals surface area contributed by atoms with Gasteiger partial charge in [0.2, 0.25) is 0 Å². The molecule has 0 bridgehead atoms. The molecule has 5 nitrogen and oxygen atoms in total. The number of benzene rings is 3. The number of rotatable bonds is 5. The molecule has 0 fully saturated rings. The summed E-state index contributed by atoms with van der Waals surface area (Å²) in [5.74, 6) is 0.00517. The molecule has 0 saturated carbocycles. The predicted octanol–water partition coefficient (Wildman–Crippen LogP) is 3.99. The minimum absolute atomic E-state index is 0.00604. The minimum atomic E-state index is -0.313. The highest BCUT2D eigenvalue weighted by Gasteiger charge is 2.25. The third-order valence-electron chi connectivity index (χ3n) is 4.95. The smallest absolute Gasteiger partial charge is 0.265 e. The van der Waals surface area contributed by atoms with Gasteiger partial charge in [0.15, 0.2) is 6.61 Å². The van der Waals surface area contributed by atoms with E-state index >= 15 is 0 Å². The van der Waals surface area contributed by atoms with Gasteiger partial charge in [-0.05, 0) is 60.0 Å². The molecule has 30 heavy (non-hydrogen) atoms. The Labute approximate surface area is 174 Å². The lowest BCUT2D eigenvalue weighted by molar-refractivity contribution is -0.121. The summed E-state index contributed by atoms with van der Waals surface area (Å²) in [5.41, 5.74) is 3.92. The molecular formula is C24H21FN2O3. The Bertz CT molecular complexity index is 1100. The first-order valence-electron chi connectivity index (χ1n) is 9.65.